The van der Waals surface area contributed by atoms with Gasteiger partial charge in [0.05, 0.1) is 11.7 Å². The van der Waals surface area contributed by atoms with Crippen molar-refractivity contribution >= 4 is 38.7 Å². The van der Waals surface area contributed by atoms with Gasteiger partial charge >= 0.3 is 10.2 Å². The summed E-state index contributed by atoms with van der Waals surface area (Å²) in [6.45, 7) is -0.265. The van der Waals surface area contributed by atoms with Crippen LogP contribution in [-0.4, -0.2) is 42.5 Å². The van der Waals surface area contributed by atoms with Crippen LogP contribution in [0.4, 0.5) is 20.3 Å². The molecular formula is C18H15F2N5O4S. The first-order valence-corrected chi connectivity index (χ1v) is 10.2. The SMILES string of the molecule is O=C1CN(c2c(O)cc3ncc(NCCc4ccc(F)cc4)nc3c2F)S(=O)(=O)N1. The predicted molar refractivity (Wildman–Crippen MR) is 104 cm³/mol. The molecule has 2 aromatic carbocycles. The molecule has 3 aromatic rings. The smallest absolute Gasteiger partial charge is 0.326 e. The van der Waals surface area contributed by atoms with Gasteiger partial charge in [0, 0.05) is 12.6 Å². The molecule has 1 saturated heterocycles. The van der Waals surface area contributed by atoms with Crippen molar-refractivity contribution < 1.29 is 27.1 Å². The maximum Gasteiger partial charge on any atom is 0.326 e. The molecule has 0 saturated carbocycles. The maximum absolute atomic E-state index is 15.1. The highest BCUT2D eigenvalue weighted by molar-refractivity contribution is 7.92. The van der Waals surface area contributed by atoms with E-state index < -0.39 is 39.9 Å². The van der Waals surface area contributed by atoms with E-state index in [0.717, 1.165) is 11.6 Å². The summed E-state index contributed by atoms with van der Waals surface area (Å²) in [6, 6.07) is 7.05. The number of fused-ring (bicyclic) bond motifs is 1. The summed E-state index contributed by atoms with van der Waals surface area (Å²) in [4.78, 5) is 19.6. The number of amides is 1. The van der Waals surface area contributed by atoms with E-state index in [1.54, 1.807) is 16.9 Å². The highest BCUT2D eigenvalue weighted by atomic mass is 32.2. The lowest BCUT2D eigenvalue weighted by atomic mass is 10.1. The van der Waals surface area contributed by atoms with Crippen LogP contribution in [0.5, 0.6) is 5.75 Å². The standard InChI is InChI=1S/C18H15F2N5O4S/c19-11-3-1-10(2-4-11)5-6-21-14-8-22-12-7-13(26)18(16(20)17(12)23-14)25-9-15(27)24-30(25,28)29/h1-4,7-8,26H,5-6,9H2,(H,21,23)(H,24,27). The highest BCUT2D eigenvalue weighted by Gasteiger charge is 2.38. The van der Waals surface area contributed by atoms with Crippen LogP contribution < -0.4 is 14.3 Å². The molecule has 1 aliphatic heterocycles. The molecule has 12 heteroatoms. The zero-order valence-corrected chi connectivity index (χ0v) is 16.1. The lowest BCUT2D eigenvalue weighted by Crippen LogP contribution is -2.30. The zero-order chi connectivity index (χ0) is 21.5. The summed E-state index contributed by atoms with van der Waals surface area (Å²) in [5.41, 5.74) is -0.0658. The summed E-state index contributed by atoms with van der Waals surface area (Å²) < 4.78 is 54.2. The van der Waals surface area contributed by atoms with Gasteiger partial charge in [-0.15, -0.1) is 0 Å². The van der Waals surface area contributed by atoms with E-state index in [1.165, 1.54) is 18.3 Å². The second kappa shape index (κ2) is 7.37. The molecule has 9 nitrogen and oxygen atoms in total. The largest absolute Gasteiger partial charge is 0.506 e. The van der Waals surface area contributed by atoms with E-state index in [1.807, 2.05) is 0 Å². The molecule has 3 N–H and O–H groups in total. The molecule has 0 spiro atoms. The number of hydrogen-bond donors (Lipinski definition) is 3. The average molecular weight is 435 g/mol. The van der Waals surface area contributed by atoms with Crippen LogP contribution in [0.2, 0.25) is 0 Å². The lowest BCUT2D eigenvalue weighted by molar-refractivity contribution is -0.117. The van der Waals surface area contributed by atoms with Crippen LogP contribution in [0.25, 0.3) is 11.0 Å². The Labute approximate surface area is 169 Å². The van der Waals surface area contributed by atoms with Crippen molar-refractivity contribution in [1.82, 2.24) is 14.7 Å². The van der Waals surface area contributed by atoms with Crippen LogP contribution >= 0.6 is 0 Å². The Kier molecular flexibility index (Phi) is 4.86. The number of phenols is 1. The van der Waals surface area contributed by atoms with Crippen molar-refractivity contribution in [3.63, 3.8) is 0 Å². The van der Waals surface area contributed by atoms with Gasteiger partial charge in [-0.1, -0.05) is 12.1 Å². The molecule has 1 fully saturated rings. The molecular weight excluding hydrogens is 420 g/mol. The monoisotopic (exact) mass is 435 g/mol. The molecule has 0 aliphatic carbocycles. The van der Waals surface area contributed by atoms with Crippen molar-refractivity contribution in [3.8, 4) is 5.75 Å². The Hall–Kier alpha value is -3.54. The molecule has 30 heavy (non-hydrogen) atoms. The van der Waals surface area contributed by atoms with Gasteiger partial charge in [0.25, 0.3) is 5.91 Å². The Morgan fingerprint density at radius 3 is 2.63 bits per heavy atom. The number of aromatic nitrogens is 2. The van der Waals surface area contributed by atoms with E-state index in [0.29, 0.717) is 17.3 Å². The molecule has 0 bridgehead atoms. The van der Waals surface area contributed by atoms with Crippen LogP contribution in [0.3, 0.4) is 0 Å². The Bertz CT molecular complexity index is 1250. The number of aromatic hydroxyl groups is 1. The van der Waals surface area contributed by atoms with Gasteiger partial charge in [0.2, 0.25) is 0 Å². The molecule has 4 rings (SSSR count). The third-order valence-corrected chi connectivity index (χ3v) is 5.81. The van der Waals surface area contributed by atoms with Gasteiger partial charge < -0.3 is 10.4 Å². The number of nitrogens with zero attached hydrogens (tertiary/aromatic N) is 3. The minimum atomic E-state index is -4.32. The number of nitrogens with one attached hydrogen (secondary N) is 2. The molecule has 0 unspecified atom stereocenters. The van der Waals surface area contributed by atoms with Crippen molar-refractivity contribution in [2.45, 2.75) is 6.42 Å². The Morgan fingerprint density at radius 2 is 1.97 bits per heavy atom. The van der Waals surface area contributed by atoms with E-state index in [9.17, 15) is 22.7 Å². The first-order chi connectivity index (χ1) is 14.2. The van der Waals surface area contributed by atoms with Crippen LogP contribution in [0.1, 0.15) is 5.56 Å². The molecule has 0 atom stereocenters. The van der Waals surface area contributed by atoms with Crippen molar-refractivity contribution in [1.29, 1.82) is 0 Å². The molecule has 1 aromatic heterocycles. The summed E-state index contributed by atoms with van der Waals surface area (Å²) in [6.07, 6.45) is 1.88. The highest BCUT2D eigenvalue weighted by Crippen LogP contribution is 2.37. The van der Waals surface area contributed by atoms with Crippen molar-refractivity contribution in [2.75, 3.05) is 22.7 Å². The van der Waals surface area contributed by atoms with Crippen LogP contribution in [0, 0.1) is 11.6 Å². The second-order valence-corrected chi connectivity index (χ2v) is 8.12. The third-order valence-electron chi connectivity index (χ3n) is 4.44. The summed E-state index contributed by atoms with van der Waals surface area (Å²) >= 11 is 0. The zero-order valence-electron chi connectivity index (χ0n) is 15.3. The van der Waals surface area contributed by atoms with Crippen LogP contribution in [0.15, 0.2) is 36.5 Å². The third kappa shape index (κ3) is 3.68. The first-order valence-electron chi connectivity index (χ1n) is 8.74. The van der Waals surface area contributed by atoms with Crippen molar-refractivity contribution in [2.24, 2.45) is 0 Å². The quantitative estimate of drug-likeness (QED) is 0.554. The Morgan fingerprint density at radius 1 is 1.23 bits per heavy atom. The van der Waals surface area contributed by atoms with E-state index in [4.69, 9.17) is 0 Å². The summed E-state index contributed by atoms with van der Waals surface area (Å²) in [5.74, 6) is -2.78. The van der Waals surface area contributed by atoms with Gasteiger partial charge in [-0.3, -0.25) is 9.78 Å². The normalized spacial score (nSPS) is 15.4. The van der Waals surface area contributed by atoms with Gasteiger partial charge in [-0.05, 0) is 24.1 Å². The predicted octanol–water partition coefficient (Wildman–Crippen LogP) is 1.45. The fraction of sp³-hybridized carbons (Fsp3) is 0.167. The number of carbonyl (C=O) groups excluding carboxylic acids is 1. The summed E-state index contributed by atoms with van der Waals surface area (Å²) in [5, 5.41) is 13.1. The number of phenolic OH excluding ortho intramolecular Hbond substituents is 1. The number of hydrogen-bond acceptors (Lipinski definition) is 7. The number of carbonyl (C=O) groups is 1. The molecule has 0 radical (unpaired) electrons. The topological polar surface area (TPSA) is 125 Å². The summed E-state index contributed by atoms with van der Waals surface area (Å²) in [7, 11) is -4.32. The average Bonchev–Trinajstić information content (AvgIpc) is 2.96. The minimum absolute atomic E-state index is 0.00807. The molecule has 1 aliphatic rings. The van der Waals surface area contributed by atoms with Gasteiger partial charge in [-0.25, -0.2) is 22.8 Å². The minimum Gasteiger partial charge on any atom is -0.506 e. The number of benzene rings is 2. The van der Waals surface area contributed by atoms with E-state index >= 15 is 4.39 Å². The molecule has 156 valence electrons. The maximum atomic E-state index is 15.1. The number of anilines is 2. The fourth-order valence-corrected chi connectivity index (χ4v) is 4.21. The molecule has 2 heterocycles. The lowest BCUT2D eigenvalue weighted by Gasteiger charge is -2.17. The molecule has 1 amide bonds. The number of rotatable bonds is 5. The second-order valence-electron chi connectivity index (χ2n) is 6.52. The Balaban J connectivity index is 1.62. The van der Waals surface area contributed by atoms with E-state index in [2.05, 4.69) is 15.3 Å². The number of halogens is 2. The first kappa shape index (κ1) is 19.8. The van der Waals surface area contributed by atoms with E-state index in [-0.39, 0.29) is 22.7 Å². The van der Waals surface area contributed by atoms with Gasteiger partial charge in [-0.2, -0.15) is 8.42 Å². The van der Waals surface area contributed by atoms with Crippen molar-refractivity contribution in [3.05, 3.63) is 53.7 Å². The van der Waals surface area contributed by atoms with Crippen LogP contribution in [-0.2, 0) is 21.4 Å². The van der Waals surface area contributed by atoms with Gasteiger partial charge in [0.15, 0.2) is 5.82 Å². The fourth-order valence-electron chi connectivity index (χ4n) is 3.04. The van der Waals surface area contributed by atoms with Gasteiger partial charge in [0.1, 0.15) is 35.1 Å².